The van der Waals surface area contributed by atoms with Crippen LogP contribution >= 0.6 is 11.6 Å². The van der Waals surface area contributed by atoms with Crippen LogP contribution in [0.5, 0.6) is 0 Å². The molecule has 3 N–H and O–H groups in total. The molecule has 1 aromatic carbocycles. The number of hydrogen-bond acceptors (Lipinski definition) is 4. The van der Waals surface area contributed by atoms with Gasteiger partial charge >= 0.3 is 0 Å². The molecule has 1 atom stereocenters. The third-order valence-corrected chi connectivity index (χ3v) is 3.92. The highest BCUT2D eigenvalue weighted by Crippen LogP contribution is 2.28. The molecule has 7 heteroatoms. The van der Waals surface area contributed by atoms with Crippen molar-refractivity contribution in [1.29, 1.82) is 0 Å². The lowest BCUT2D eigenvalue weighted by molar-refractivity contribution is 0.480. The van der Waals surface area contributed by atoms with Crippen LogP contribution in [0.2, 0.25) is 5.02 Å². The molecule has 0 radical (unpaired) electrons. The fourth-order valence-electron chi connectivity index (χ4n) is 1.70. The molecular formula is C11H16ClFN2O2S. The van der Waals surface area contributed by atoms with E-state index in [1.807, 2.05) is 0 Å². The molecular weight excluding hydrogens is 279 g/mol. The standard InChI is InChI=1S/C11H16ClFN2O2S/c1-18(16,17)7-3-6-10(15-14)11-8(12)4-2-5-9(11)13/h2,4-5,10,15H,3,6-7,14H2,1H3. The maximum atomic E-state index is 13.7. The summed E-state index contributed by atoms with van der Waals surface area (Å²) in [7, 11) is -3.03. The van der Waals surface area contributed by atoms with E-state index >= 15 is 0 Å². The molecule has 0 aliphatic rings. The molecule has 0 aliphatic heterocycles. The summed E-state index contributed by atoms with van der Waals surface area (Å²) in [5, 5.41) is 0.275. The van der Waals surface area contributed by atoms with E-state index in [1.54, 1.807) is 6.07 Å². The quantitative estimate of drug-likeness (QED) is 0.620. The van der Waals surface area contributed by atoms with E-state index in [4.69, 9.17) is 17.4 Å². The zero-order valence-corrected chi connectivity index (χ0v) is 11.6. The van der Waals surface area contributed by atoms with Crippen LogP contribution in [0.15, 0.2) is 18.2 Å². The number of hydrogen-bond donors (Lipinski definition) is 2. The number of nitrogens with one attached hydrogen (secondary N) is 1. The number of nitrogens with two attached hydrogens (primary N) is 1. The minimum atomic E-state index is -3.03. The van der Waals surface area contributed by atoms with E-state index in [0.717, 1.165) is 6.26 Å². The third kappa shape index (κ3) is 4.53. The Hall–Kier alpha value is -0.690. The predicted octanol–water partition coefficient (Wildman–Crippen LogP) is 1.81. The van der Waals surface area contributed by atoms with Crippen molar-refractivity contribution in [2.45, 2.75) is 18.9 Å². The number of halogens is 2. The SMILES string of the molecule is CS(=O)(=O)CCCC(NN)c1c(F)cccc1Cl. The van der Waals surface area contributed by atoms with Gasteiger partial charge in [-0.25, -0.2) is 12.8 Å². The van der Waals surface area contributed by atoms with E-state index in [2.05, 4.69) is 5.43 Å². The first-order chi connectivity index (χ1) is 8.35. The maximum Gasteiger partial charge on any atom is 0.147 e. The Balaban J connectivity index is 2.78. The highest BCUT2D eigenvalue weighted by molar-refractivity contribution is 7.90. The van der Waals surface area contributed by atoms with Gasteiger partial charge in [0.05, 0.1) is 6.04 Å². The molecule has 0 spiro atoms. The molecule has 0 saturated carbocycles. The lowest BCUT2D eigenvalue weighted by Gasteiger charge is -2.18. The van der Waals surface area contributed by atoms with Gasteiger partial charge in [-0.1, -0.05) is 17.7 Å². The number of benzene rings is 1. The average molecular weight is 295 g/mol. The fraction of sp³-hybridized carbons (Fsp3) is 0.455. The summed E-state index contributed by atoms with van der Waals surface area (Å²) in [4.78, 5) is 0. The molecule has 102 valence electrons. The Bertz CT molecular complexity index is 488. The Morgan fingerprint density at radius 3 is 2.67 bits per heavy atom. The molecule has 0 saturated heterocycles. The van der Waals surface area contributed by atoms with Crippen LogP contribution in [0, 0.1) is 5.82 Å². The summed E-state index contributed by atoms with van der Waals surface area (Å²) in [6.45, 7) is 0. The van der Waals surface area contributed by atoms with Crippen LogP contribution in [-0.2, 0) is 9.84 Å². The van der Waals surface area contributed by atoms with Crippen molar-refractivity contribution < 1.29 is 12.8 Å². The first kappa shape index (κ1) is 15.4. The van der Waals surface area contributed by atoms with E-state index < -0.39 is 21.7 Å². The van der Waals surface area contributed by atoms with Crippen molar-refractivity contribution in [2.24, 2.45) is 5.84 Å². The van der Waals surface area contributed by atoms with Gasteiger partial charge in [-0.05, 0) is 25.0 Å². The third-order valence-electron chi connectivity index (χ3n) is 2.56. The second kappa shape index (κ2) is 6.47. The Kier molecular flexibility index (Phi) is 5.52. The molecule has 1 unspecified atom stereocenters. The monoisotopic (exact) mass is 294 g/mol. The molecule has 0 aromatic heterocycles. The van der Waals surface area contributed by atoms with Gasteiger partial charge in [0.25, 0.3) is 0 Å². The molecule has 1 aromatic rings. The predicted molar refractivity (Wildman–Crippen MR) is 70.4 cm³/mol. The van der Waals surface area contributed by atoms with Crippen LogP contribution < -0.4 is 11.3 Å². The van der Waals surface area contributed by atoms with Gasteiger partial charge in [-0.15, -0.1) is 0 Å². The molecule has 1 rings (SSSR count). The number of sulfone groups is 1. The van der Waals surface area contributed by atoms with Crippen molar-refractivity contribution in [3.63, 3.8) is 0 Å². The Morgan fingerprint density at radius 1 is 1.50 bits per heavy atom. The average Bonchev–Trinajstić information content (AvgIpc) is 2.25. The molecule has 0 heterocycles. The number of rotatable bonds is 6. The molecule has 0 bridgehead atoms. The van der Waals surface area contributed by atoms with Crippen molar-refractivity contribution in [3.8, 4) is 0 Å². The normalized spacial score (nSPS) is 13.6. The van der Waals surface area contributed by atoms with Crippen molar-refractivity contribution >= 4 is 21.4 Å². The van der Waals surface area contributed by atoms with E-state index in [1.165, 1.54) is 12.1 Å². The van der Waals surface area contributed by atoms with Gasteiger partial charge in [0.1, 0.15) is 15.7 Å². The zero-order valence-electron chi connectivity index (χ0n) is 9.99. The van der Waals surface area contributed by atoms with Gasteiger partial charge in [0.2, 0.25) is 0 Å². The van der Waals surface area contributed by atoms with Crippen molar-refractivity contribution in [2.75, 3.05) is 12.0 Å². The van der Waals surface area contributed by atoms with Gasteiger partial charge in [0.15, 0.2) is 0 Å². The van der Waals surface area contributed by atoms with Gasteiger partial charge < -0.3 is 0 Å². The lowest BCUT2D eigenvalue weighted by atomic mass is 10.0. The van der Waals surface area contributed by atoms with Gasteiger partial charge in [0, 0.05) is 22.6 Å². The van der Waals surface area contributed by atoms with Crippen LogP contribution in [0.1, 0.15) is 24.4 Å². The van der Waals surface area contributed by atoms with Crippen molar-refractivity contribution in [3.05, 3.63) is 34.6 Å². The second-order valence-electron chi connectivity index (χ2n) is 4.13. The smallest absolute Gasteiger partial charge is 0.147 e. The largest absolute Gasteiger partial charge is 0.271 e. The first-order valence-corrected chi connectivity index (χ1v) is 7.86. The van der Waals surface area contributed by atoms with E-state index in [0.29, 0.717) is 12.8 Å². The van der Waals surface area contributed by atoms with Crippen LogP contribution in [0.3, 0.4) is 0 Å². The maximum absolute atomic E-state index is 13.7. The van der Waals surface area contributed by atoms with Gasteiger partial charge in [-0.3, -0.25) is 11.3 Å². The first-order valence-electron chi connectivity index (χ1n) is 5.43. The Morgan fingerprint density at radius 2 is 2.17 bits per heavy atom. The van der Waals surface area contributed by atoms with Crippen LogP contribution in [0.25, 0.3) is 0 Å². The van der Waals surface area contributed by atoms with Crippen molar-refractivity contribution in [1.82, 2.24) is 5.43 Å². The second-order valence-corrected chi connectivity index (χ2v) is 6.79. The topological polar surface area (TPSA) is 72.2 Å². The highest BCUT2D eigenvalue weighted by atomic mass is 35.5. The minimum Gasteiger partial charge on any atom is -0.271 e. The summed E-state index contributed by atoms with van der Waals surface area (Å²) in [6.07, 6.45) is 1.94. The molecule has 4 nitrogen and oxygen atoms in total. The molecule has 18 heavy (non-hydrogen) atoms. The van der Waals surface area contributed by atoms with E-state index in [-0.39, 0.29) is 16.3 Å². The summed E-state index contributed by atoms with van der Waals surface area (Å²) in [5.74, 6) is 4.95. The molecule has 0 fully saturated rings. The highest BCUT2D eigenvalue weighted by Gasteiger charge is 2.18. The van der Waals surface area contributed by atoms with Gasteiger partial charge in [-0.2, -0.15) is 0 Å². The summed E-state index contributed by atoms with van der Waals surface area (Å²) in [5.41, 5.74) is 2.74. The molecule has 0 aliphatic carbocycles. The zero-order chi connectivity index (χ0) is 13.8. The summed E-state index contributed by atoms with van der Waals surface area (Å²) < 4.78 is 35.7. The lowest BCUT2D eigenvalue weighted by Crippen LogP contribution is -2.29. The van der Waals surface area contributed by atoms with Crippen LogP contribution in [-0.4, -0.2) is 20.4 Å². The fourth-order valence-corrected chi connectivity index (χ4v) is 2.69. The minimum absolute atomic E-state index is 0.0389. The van der Waals surface area contributed by atoms with Crippen LogP contribution in [0.4, 0.5) is 4.39 Å². The Labute approximate surface area is 111 Å². The van der Waals surface area contributed by atoms with E-state index in [9.17, 15) is 12.8 Å². The number of hydrazine groups is 1. The molecule has 0 amide bonds. The summed E-state index contributed by atoms with van der Waals surface area (Å²) >= 11 is 5.92. The summed E-state index contributed by atoms with van der Waals surface area (Å²) in [6, 6.07) is 3.87.